The number of benzene rings is 1. The molecule has 2 heterocycles. The Labute approximate surface area is 185 Å². The summed E-state index contributed by atoms with van der Waals surface area (Å²) in [6.45, 7) is 0.475. The molecule has 0 saturated heterocycles. The van der Waals surface area contributed by atoms with E-state index in [0.717, 1.165) is 26.5 Å². The smallest absolute Gasteiger partial charge is 0.414 e. The highest BCUT2D eigenvalue weighted by Crippen LogP contribution is 2.27. The summed E-state index contributed by atoms with van der Waals surface area (Å²) >= 11 is 2.58. The van der Waals surface area contributed by atoms with Crippen molar-refractivity contribution in [2.24, 2.45) is 0 Å². The van der Waals surface area contributed by atoms with Crippen LogP contribution in [0.25, 0.3) is 10.2 Å². The maximum Gasteiger partial charge on any atom is 0.414 e. The molecule has 3 rings (SSSR count). The molecule has 0 atom stereocenters. The Morgan fingerprint density at radius 3 is 2.65 bits per heavy atom. The second kappa shape index (κ2) is 10.8. The van der Waals surface area contributed by atoms with Crippen LogP contribution in [-0.2, 0) is 22.6 Å². The number of anilines is 1. The zero-order valence-corrected chi connectivity index (χ0v) is 18.0. The Balaban J connectivity index is 1.54. The largest absolute Gasteiger partial charge is 0.465 e. The first-order valence-electron chi connectivity index (χ1n) is 9.45. The van der Waals surface area contributed by atoms with Crippen LogP contribution in [0.2, 0.25) is 0 Å². The molecule has 0 radical (unpaired) electrons. The van der Waals surface area contributed by atoms with Gasteiger partial charge in [-0.2, -0.15) is 0 Å². The molecule has 0 aliphatic carbocycles. The number of carbonyl (C=O) groups excluding carboxylic acids is 2. The number of rotatable bonds is 10. The Morgan fingerprint density at radius 2 is 1.90 bits per heavy atom. The first-order valence-corrected chi connectivity index (χ1v) is 11.1. The summed E-state index contributed by atoms with van der Waals surface area (Å²) in [5.41, 5.74) is 2.86. The van der Waals surface area contributed by atoms with Crippen LogP contribution in [0.3, 0.4) is 0 Å². The molecule has 0 bridgehead atoms. The van der Waals surface area contributed by atoms with Crippen molar-refractivity contribution in [1.82, 2.24) is 20.8 Å². The molecule has 4 N–H and O–H groups in total. The highest BCUT2D eigenvalue weighted by Gasteiger charge is 2.21. The molecule has 1 aromatic carbocycles. The summed E-state index contributed by atoms with van der Waals surface area (Å²) in [7, 11) is 0. The van der Waals surface area contributed by atoms with Gasteiger partial charge in [-0.3, -0.25) is 14.8 Å². The molecule has 12 heteroatoms. The summed E-state index contributed by atoms with van der Waals surface area (Å²) in [6, 6.07) is 7.60. The first kappa shape index (κ1) is 22.6. The standard InChI is InChI=1S/C19H21N5O5S2/c25-15(23-29)7-3-4-8-20-16(26)9-12-11-30-18(21-12)24(19(27)28)10-17-22-13-5-1-2-6-14(13)31-17/h1-2,5-6,11,29H,3-4,7-10H2,(H,20,26)(H,23,25)(H,27,28). The summed E-state index contributed by atoms with van der Waals surface area (Å²) < 4.78 is 0.983. The molecule has 0 fully saturated rings. The molecule has 2 aromatic heterocycles. The number of fused-ring (bicyclic) bond motifs is 1. The number of aromatic nitrogens is 2. The number of nitrogens with zero attached hydrogens (tertiary/aromatic N) is 3. The Kier molecular flexibility index (Phi) is 7.87. The van der Waals surface area contributed by atoms with E-state index < -0.39 is 12.0 Å². The van der Waals surface area contributed by atoms with Crippen LogP contribution in [0.15, 0.2) is 29.6 Å². The number of unbranched alkanes of at least 4 members (excludes halogenated alkanes) is 1. The zero-order chi connectivity index (χ0) is 22.2. The highest BCUT2D eigenvalue weighted by atomic mass is 32.1. The van der Waals surface area contributed by atoms with Crippen LogP contribution < -0.4 is 15.7 Å². The lowest BCUT2D eigenvalue weighted by Gasteiger charge is -2.14. The molecule has 0 saturated carbocycles. The Morgan fingerprint density at radius 1 is 1.10 bits per heavy atom. The third kappa shape index (κ3) is 6.44. The van der Waals surface area contributed by atoms with Crippen LogP contribution in [0.5, 0.6) is 0 Å². The van der Waals surface area contributed by atoms with Crippen LogP contribution >= 0.6 is 22.7 Å². The van der Waals surface area contributed by atoms with Crippen molar-refractivity contribution in [1.29, 1.82) is 0 Å². The van der Waals surface area contributed by atoms with Crippen molar-refractivity contribution in [2.45, 2.75) is 32.2 Å². The third-order valence-corrected chi connectivity index (χ3v) is 6.19. The number of nitrogens with one attached hydrogen (secondary N) is 2. The monoisotopic (exact) mass is 463 g/mol. The normalized spacial score (nSPS) is 10.7. The van der Waals surface area contributed by atoms with E-state index >= 15 is 0 Å². The first-order chi connectivity index (χ1) is 15.0. The average Bonchev–Trinajstić information content (AvgIpc) is 3.37. The molecule has 3 aromatic rings. The molecule has 0 unspecified atom stereocenters. The number of hydrogen-bond donors (Lipinski definition) is 4. The van der Waals surface area contributed by atoms with E-state index in [2.05, 4.69) is 15.3 Å². The van der Waals surface area contributed by atoms with E-state index in [-0.39, 0.29) is 30.4 Å². The molecule has 31 heavy (non-hydrogen) atoms. The lowest BCUT2D eigenvalue weighted by atomic mass is 10.2. The van der Waals surface area contributed by atoms with Crippen LogP contribution in [0, 0.1) is 0 Å². The minimum Gasteiger partial charge on any atom is -0.465 e. The predicted molar refractivity (Wildman–Crippen MR) is 116 cm³/mol. The lowest BCUT2D eigenvalue weighted by Crippen LogP contribution is -2.29. The van der Waals surface area contributed by atoms with Crippen LogP contribution in [0.4, 0.5) is 9.93 Å². The van der Waals surface area contributed by atoms with E-state index in [1.165, 1.54) is 11.3 Å². The van der Waals surface area contributed by atoms with E-state index in [1.54, 1.807) is 10.9 Å². The van der Waals surface area contributed by atoms with Crippen LogP contribution in [0.1, 0.15) is 30.0 Å². The summed E-state index contributed by atoms with van der Waals surface area (Å²) in [5.74, 6) is -0.702. The molecule has 164 valence electrons. The lowest BCUT2D eigenvalue weighted by molar-refractivity contribution is -0.129. The number of carboxylic acid groups (broad SMARTS) is 1. The minimum atomic E-state index is -1.14. The fraction of sp³-hybridized carbons (Fsp3) is 0.316. The van der Waals surface area contributed by atoms with Gasteiger partial charge in [0.15, 0.2) is 5.13 Å². The third-order valence-electron chi connectivity index (χ3n) is 4.25. The van der Waals surface area contributed by atoms with Gasteiger partial charge in [0.25, 0.3) is 0 Å². The van der Waals surface area contributed by atoms with Gasteiger partial charge in [0.1, 0.15) is 5.01 Å². The Hall–Kier alpha value is -3.09. The molecule has 0 aliphatic rings. The maximum atomic E-state index is 12.1. The summed E-state index contributed by atoms with van der Waals surface area (Å²) in [5, 5.41) is 23.4. The van der Waals surface area contributed by atoms with Gasteiger partial charge in [0.2, 0.25) is 11.8 Å². The number of hydrogen-bond acceptors (Lipinski definition) is 8. The minimum absolute atomic E-state index is 0.0300. The van der Waals surface area contributed by atoms with Gasteiger partial charge in [-0.25, -0.2) is 25.1 Å². The van der Waals surface area contributed by atoms with Gasteiger partial charge in [-0.05, 0) is 25.0 Å². The fourth-order valence-corrected chi connectivity index (χ4v) is 4.54. The number of thiazole rings is 2. The molecular formula is C19H21N5O5S2. The van der Waals surface area contributed by atoms with E-state index in [4.69, 9.17) is 5.21 Å². The molecular weight excluding hydrogens is 442 g/mol. The summed E-state index contributed by atoms with van der Waals surface area (Å²) in [6.07, 6.45) is 0.198. The van der Waals surface area contributed by atoms with Crippen molar-refractivity contribution >= 4 is 55.9 Å². The van der Waals surface area contributed by atoms with Gasteiger partial charge in [-0.1, -0.05) is 12.1 Å². The average molecular weight is 464 g/mol. The van der Waals surface area contributed by atoms with Crippen molar-refractivity contribution in [3.05, 3.63) is 40.3 Å². The fourth-order valence-electron chi connectivity index (χ4n) is 2.76. The van der Waals surface area contributed by atoms with Crippen LogP contribution in [-0.4, -0.2) is 44.7 Å². The highest BCUT2D eigenvalue weighted by molar-refractivity contribution is 7.18. The predicted octanol–water partition coefficient (Wildman–Crippen LogP) is 2.77. The molecule has 0 spiro atoms. The van der Waals surface area contributed by atoms with Crippen molar-refractivity contribution in [3.63, 3.8) is 0 Å². The Bertz CT molecular complexity index is 1030. The van der Waals surface area contributed by atoms with Crippen molar-refractivity contribution in [2.75, 3.05) is 11.4 Å². The van der Waals surface area contributed by atoms with Crippen molar-refractivity contribution in [3.8, 4) is 0 Å². The second-order valence-electron chi connectivity index (χ2n) is 6.58. The SMILES string of the molecule is O=C(CCCCNC(=O)Cc1csc(N(Cc2nc3ccccc3s2)C(=O)O)n1)NO. The number of carbonyl (C=O) groups is 3. The van der Waals surface area contributed by atoms with Gasteiger partial charge in [0, 0.05) is 18.3 Å². The number of para-hydroxylation sites is 1. The van der Waals surface area contributed by atoms with Gasteiger partial charge < -0.3 is 10.4 Å². The molecule has 0 aliphatic heterocycles. The number of hydroxylamine groups is 1. The van der Waals surface area contributed by atoms with E-state index in [1.807, 2.05) is 24.3 Å². The quantitative estimate of drug-likeness (QED) is 0.205. The summed E-state index contributed by atoms with van der Waals surface area (Å²) in [4.78, 5) is 44.6. The molecule has 3 amide bonds. The topological polar surface area (TPSA) is 145 Å². The van der Waals surface area contributed by atoms with E-state index in [9.17, 15) is 19.5 Å². The number of amides is 3. The maximum absolute atomic E-state index is 12.1. The van der Waals surface area contributed by atoms with Gasteiger partial charge in [0.05, 0.1) is 28.9 Å². The van der Waals surface area contributed by atoms with Gasteiger partial charge >= 0.3 is 6.09 Å². The second-order valence-corrected chi connectivity index (χ2v) is 8.54. The molecule has 10 nitrogen and oxygen atoms in total. The van der Waals surface area contributed by atoms with Gasteiger partial charge in [-0.15, -0.1) is 22.7 Å². The zero-order valence-electron chi connectivity index (χ0n) is 16.4. The van der Waals surface area contributed by atoms with Crippen molar-refractivity contribution < 1.29 is 24.7 Å². The van der Waals surface area contributed by atoms with E-state index in [0.29, 0.717) is 30.1 Å².